The summed E-state index contributed by atoms with van der Waals surface area (Å²) in [6.07, 6.45) is 0.478. The van der Waals surface area contributed by atoms with Crippen LogP contribution in [0.5, 0.6) is 0 Å². The van der Waals surface area contributed by atoms with Crippen LogP contribution in [0.1, 0.15) is 52.6 Å². The smallest absolute Gasteiger partial charge is 0.407 e. The van der Waals surface area contributed by atoms with Gasteiger partial charge in [-0.05, 0) is 57.4 Å². The second-order valence-electron chi connectivity index (χ2n) is 7.01. The molecule has 0 radical (unpaired) electrons. The zero-order chi connectivity index (χ0) is 17.5. The summed E-state index contributed by atoms with van der Waals surface area (Å²) >= 11 is 5.94. The van der Waals surface area contributed by atoms with E-state index < -0.39 is 5.60 Å². The van der Waals surface area contributed by atoms with Crippen molar-refractivity contribution in [3.63, 3.8) is 0 Å². The van der Waals surface area contributed by atoms with Crippen LogP contribution < -0.4 is 10.6 Å². The fourth-order valence-corrected chi connectivity index (χ4v) is 2.39. The number of benzene rings is 1. The lowest BCUT2D eigenvalue weighted by molar-refractivity contribution is 0.0527. The van der Waals surface area contributed by atoms with E-state index in [-0.39, 0.29) is 12.1 Å². The number of ether oxygens (including phenoxy) is 1. The van der Waals surface area contributed by atoms with E-state index in [9.17, 15) is 4.79 Å². The third kappa shape index (κ3) is 8.24. The summed E-state index contributed by atoms with van der Waals surface area (Å²) in [5.74, 6) is 0.468. The number of carbonyl (C=O) groups is 1. The first-order chi connectivity index (χ1) is 10.7. The summed E-state index contributed by atoms with van der Waals surface area (Å²) in [6, 6.07) is 8.21. The summed E-state index contributed by atoms with van der Waals surface area (Å²) < 4.78 is 5.20. The first kappa shape index (κ1) is 19.8. The van der Waals surface area contributed by atoms with E-state index in [0.717, 1.165) is 18.0 Å². The molecule has 0 aliphatic heterocycles. The molecule has 0 aliphatic carbocycles. The first-order valence-corrected chi connectivity index (χ1v) is 8.52. The highest BCUT2D eigenvalue weighted by molar-refractivity contribution is 6.30. The molecule has 1 rings (SSSR count). The van der Waals surface area contributed by atoms with Gasteiger partial charge in [0.15, 0.2) is 0 Å². The molecule has 0 aromatic heterocycles. The van der Waals surface area contributed by atoms with Crippen LogP contribution in [0.2, 0.25) is 5.02 Å². The lowest BCUT2D eigenvalue weighted by atomic mass is 9.96. The molecule has 0 heterocycles. The van der Waals surface area contributed by atoms with Crippen molar-refractivity contribution >= 4 is 17.7 Å². The van der Waals surface area contributed by atoms with E-state index in [1.807, 2.05) is 32.9 Å². The predicted octanol–water partition coefficient (Wildman–Crippen LogP) is 4.54. The number of nitrogens with one attached hydrogen (secondary N) is 2. The average molecular weight is 341 g/mol. The third-order valence-corrected chi connectivity index (χ3v) is 3.53. The van der Waals surface area contributed by atoms with Crippen LogP contribution in [-0.2, 0) is 4.74 Å². The lowest BCUT2D eigenvalue weighted by Gasteiger charge is -2.23. The van der Waals surface area contributed by atoms with Gasteiger partial charge >= 0.3 is 6.09 Å². The van der Waals surface area contributed by atoms with Gasteiger partial charge in [0.05, 0.1) is 0 Å². The molecule has 1 atom stereocenters. The number of amides is 1. The molecule has 1 amide bonds. The number of halogens is 1. The zero-order valence-corrected chi connectivity index (χ0v) is 15.5. The van der Waals surface area contributed by atoms with E-state index in [1.165, 1.54) is 5.56 Å². The minimum absolute atomic E-state index is 0.272. The summed E-state index contributed by atoms with van der Waals surface area (Å²) in [6.45, 7) is 11.3. The molecule has 23 heavy (non-hydrogen) atoms. The molecule has 0 bridgehead atoms. The summed E-state index contributed by atoms with van der Waals surface area (Å²) in [5, 5.41) is 7.06. The normalized spacial score (nSPS) is 13.0. The van der Waals surface area contributed by atoms with Crippen LogP contribution in [-0.4, -0.2) is 24.8 Å². The van der Waals surface area contributed by atoms with E-state index >= 15 is 0 Å². The highest BCUT2D eigenvalue weighted by Gasteiger charge is 2.16. The van der Waals surface area contributed by atoms with Crippen molar-refractivity contribution in [2.45, 2.75) is 52.7 Å². The molecule has 5 heteroatoms. The molecule has 1 unspecified atom stereocenters. The zero-order valence-electron chi connectivity index (χ0n) is 14.8. The van der Waals surface area contributed by atoms with Gasteiger partial charge < -0.3 is 15.4 Å². The van der Waals surface area contributed by atoms with Gasteiger partial charge in [-0.3, -0.25) is 0 Å². The highest BCUT2D eigenvalue weighted by Crippen LogP contribution is 2.23. The largest absolute Gasteiger partial charge is 0.444 e. The van der Waals surface area contributed by atoms with Gasteiger partial charge in [0.2, 0.25) is 0 Å². The topological polar surface area (TPSA) is 50.4 Å². The Kier molecular flexibility index (Phi) is 7.86. The number of rotatable bonds is 7. The SMILES string of the molecule is CC(C)C(NCCCNC(=O)OC(C)(C)C)c1ccc(Cl)cc1. The second kappa shape index (κ2) is 9.14. The molecular formula is C18H29ClN2O2. The van der Waals surface area contributed by atoms with Crippen LogP contribution in [0, 0.1) is 5.92 Å². The van der Waals surface area contributed by atoms with Crippen molar-refractivity contribution in [2.75, 3.05) is 13.1 Å². The Morgan fingerprint density at radius 3 is 2.30 bits per heavy atom. The molecule has 130 valence electrons. The van der Waals surface area contributed by atoms with Gasteiger partial charge in [-0.1, -0.05) is 37.6 Å². The standard InChI is InChI=1S/C18H29ClN2O2/c1-13(2)16(14-7-9-15(19)10-8-14)20-11-6-12-21-17(22)23-18(3,4)5/h7-10,13,16,20H,6,11-12H2,1-5H3,(H,21,22). The Morgan fingerprint density at radius 2 is 1.78 bits per heavy atom. The van der Waals surface area contributed by atoms with Crippen LogP contribution in [0.3, 0.4) is 0 Å². The van der Waals surface area contributed by atoms with Crippen LogP contribution in [0.15, 0.2) is 24.3 Å². The molecule has 0 saturated heterocycles. The van der Waals surface area contributed by atoms with Gasteiger partial charge in [0, 0.05) is 17.6 Å². The molecule has 0 aliphatic rings. The minimum atomic E-state index is -0.459. The quantitative estimate of drug-likeness (QED) is 0.716. The Bertz CT molecular complexity index is 481. The van der Waals surface area contributed by atoms with Crippen molar-refractivity contribution in [1.82, 2.24) is 10.6 Å². The second-order valence-corrected chi connectivity index (χ2v) is 7.45. The molecular weight excluding hydrogens is 312 g/mol. The summed E-state index contributed by atoms with van der Waals surface area (Å²) in [4.78, 5) is 11.6. The fourth-order valence-electron chi connectivity index (χ4n) is 2.26. The Morgan fingerprint density at radius 1 is 1.17 bits per heavy atom. The first-order valence-electron chi connectivity index (χ1n) is 8.15. The Hall–Kier alpha value is -1.26. The lowest BCUT2D eigenvalue weighted by Crippen LogP contribution is -2.34. The number of alkyl carbamates (subject to hydrolysis) is 1. The van der Waals surface area contributed by atoms with Gasteiger partial charge in [-0.2, -0.15) is 0 Å². The monoisotopic (exact) mass is 340 g/mol. The third-order valence-electron chi connectivity index (χ3n) is 3.28. The van der Waals surface area contributed by atoms with Gasteiger partial charge in [-0.15, -0.1) is 0 Å². The minimum Gasteiger partial charge on any atom is -0.444 e. The van der Waals surface area contributed by atoms with E-state index in [4.69, 9.17) is 16.3 Å². The van der Waals surface area contributed by atoms with Crippen LogP contribution in [0.25, 0.3) is 0 Å². The van der Waals surface area contributed by atoms with E-state index in [0.29, 0.717) is 12.5 Å². The van der Waals surface area contributed by atoms with Crippen LogP contribution in [0.4, 0.5) is 4.79 Å². The number of hydrogen-bond donors (Lipinski definition) is 2. The van der Waals surface area contributed by atoms with Crippen molar-refractivity contribution in [3.8, 4) is 0 Å². The molecule has 0 saturated carbocycles. The maximum atomic E-state index is 11.6. The Balaban J connectivity index is 2.34. The number of carbonyl (C=O) groups excluding carboxylic acids is 1. The maximum Gasteiger partial charge on any atom is 0.407 e. The molecule has 2 N–H and O–H groups in total. The highest BCUT2D eigenvalue weighted by atomic mass is 35.5. The van der Waals surface area contributed by atoms with Gasteiger partial charge in [0.25, 0.3) is 0 Å². The van der Waals surface area contributed by atoms with Crippen molar-refractivity contribution in [3.05, 3.63) is 34.9 Å². The Labute approximate surface area is 144 Å². The molecule has 0 spiro atoms. The summed E-state index contributed by atoms with van der Waals surface area (Å²) in [7, 11) is 0. The van der Waals surface area contributed by atoms with Crippen molar-refractivity contribution < 1.29 is 9.53 Å². The van der Waals surface area contributed by atoms with Gasteiger partial charge in [0.1, 0.15) is 5.60 Å². The fraction of sp³-hybridized carbons (Fsp3) is 0.611. The van der Waals surface area contributed by atoms with E-state index in [1.54, 1.807) is 0 Å². The number of hydrogen-bond acceptors (Lipinski definition) is 3. The van der Waals surface area contributed by atoms with Crippen molar-refractivity contribution in [2.24, 2.45) is 5.92 Å². The maximum absolute atomic E-state index is 11.6. The van der Waals surface area contributed by atoms with Crippen LogP contribution >= 0.6 is 11.6 Å². The molecule has 1 aromatic rings. The van der Waals surface area contributed by atoms with E-state index in [2.05, 4.69) is 36.6 Å². The molecule has 0 fully saturated rings. The molecule has 1 aromatic carbocycles. The predicted molar refractivity (Wildman–Crippen MR) is 95.9 cm³/mol. The van der Waals surface area contributed by atoms with Crippen molar-refractivity contribution in [1.29, 1.82) is 0 Å². The molecule has 4 nitrogen and oxygen atoms in total. The summed E-state index contributed by atoms with van der Waals surface area (Å²) in [5.41, 5.74) is 0.768. The average Bonchev–Trinajstić information content (AvgIpc) is 2.42. The van der Waals surface area contributed by atoms with Gasteiger partial charge in [-0.25, -0.2) is 4.79 Å².